The summed E-state index contributed by atoms with van der Waals surface area (Å²) in [4.78, 5) is 29.3. The minimum atomic E-state index is -2.94. The first-order valence-corrected chi connectivity index (χ1v) is 7.45. The number of anilines is 1. The van der Waals surface area contributed by atoms with Gasteiger partial charge in [0.2, 0.25) is 0 Å². The number of nitrogens with zero attached hydrogens (tertiary/aromatic N) is 3. The lowest BCUT2D eigenvalue weighted by molar-refractivity contribution is 0.0588. The van der Waals surface area contributed by atoms with Gasteiger partial charge in [-0.1, -0.05) is 0 Å². The van der Waals surface area contributed by atoms with Crippen molar-refractivity contribution in [1.82, 2.24) is 15.2 Å². The van der Waals surface area contributed by atoms with Gasteiger partial charge in [0.05, 0.1) is 11.1 Å². The van der Waals surface area contributed by atoms with Crippen LogP contribution in [0.2, 0.25) is 0 Å². The quantitative estimate of drug-likeness (QED) is 0.761. The molecule has 124 valence electrons. The largest absolute Gasteiger partial charge is 0.443 e. The molecule has 0 saturated heterocycles. The summed E-state index contributed by atoms with van der Waals surface area (Å²) < 4.78 is 28.6. The second-order valence-corrected chi connectivity index (χ2v) is 6.52. The number of carbonyl (C=O) groups excluding carboxylic acids is 1. The number of aromatic amines is 1. The molecule has 3 N–H and O–H groups in total. The van der Waals surface area contributed by atoms with Gasteiger partial charge >= 0.3 is 6.09 Å². The normalized spacial score (nSPS) is 14.0. The fourth-order valence-corrected chi connectivity index (χ4v) is 2.30. The monoisotopic (exact) mass is 386 g/mol. The van der Waals surface area contributed by atoms with E-state index in [1.165, 1.54) is 6.07 Å². The highest BCUT2D eigenvalue weighted by atomic mass is 79.9. The average molecular weight is 387 g/mol. The number of ether oxygens (including phenoxy) is 1. The Balaban J connectivity index is 2.83. The molecule has 0 aliphatic heterocycles. The van der Waals surface area contributed by atoms with Crippen molar-refractivity contribution in [2.24, 2.45) is 5.73 Å². The molecule has 23 heavy (non-hydrogen) atoms. The van der Waals surface area contributed by atoms with Crippen molar-refractivity contribution in [2.75, 3.05) is 11.9 Å². The topological polar surface area (TPSA) is 114 Å². The molecule has 0 bridgehead atoms. The van der Waals surface area contributed by atoms with Gasteiger partial charge in [0.25, 0.3) is 5.56 Å². The molecule has 9 heteroatoms. The lowest BCUT2D eigenvalue weighted by atomic mass is 10.1. The number of H-pyrrole nitrogens is 1. The number of pyridine rings is 1. The molecule has 0 aliphatic rings. The summed E-state index contributed by atoms with van der Waals surface area (Å²) in [5.41, 5.74) is 4.30. The Bertz CT molecular complexity index is 908. The average Bonchev–Trinajstić information content (AvgIpc) is 2.43. The fourth-order valence-electron chi connectivity index (χ4n) is 1.90. The van der Waals surface area contributed by atoms with E-state index < -0.39 is 24.2 Å². The molecule has 0 aliphatic carbocycles. The van der Waals surface area contributed by atoms with Crippen LogP contribution in [0.25, 0.3) is 10.8 Å². The smallest absolute Gasteiger partial charge is 0.415 e. The number of hydrogen-bond acceptors (Lipinski definition) is 6. The zero-order valence-electron chi connectivity index (χ0n) is 15.8. The van der Waals surface area contributed by atoms with Crippen LogP contribution in [0, 0.1) is 0 Å². The van der Waals surface area contributed by atoms with E-state index in [2.05, 4.69) is 31.1 Å². The van der Waals surface area contributed by atoms with Crippen molar-refractivity contribution >= 4 is 38.6 Å². The van der Waals surface area contributed by atoms with Gasteiger partial charge in [-0.25, -0.2) is 14.9 Å². The van der Waals surface area contributed by atoms with E-state index in [9.17, 15) is 9.59 Å². The zero-order chi connectivity index (χ0) is 19.9. The van der Waals surface area contributed by atoms with Crippen molar-refractivity contribution in [3.8, 4) is 0 Å². The van der Waals surface area contributed by atoms with Crippen LogP contribution < -0.4 is 16.2 Å². The van der Waals surface area contributed by atoms with Gasteiger partial charge in [0.1, 0.15) is 10.2 Å². The van der Waals surface area contributed by atoms with Crippen LogP contribution in [0.5, 0.6) is 0 Å². The van der Waals surface area contributed by atoms with Crippen molar-refractivity contribution in [1.29, 1.82) is 0 Å². The Morgan fingerprint density at radius 3 is 2.83 bits per heavy atom. The van der Waals surface area contributed by atoms with Gasteiger partial charge in [-0.05, 0) is 42.8 Å². The van der Waals surface area contributed by atoms with E-state index >= 15 is 0 Å². The molecule has 2 aromatic heterocycles. The number of fused-ring (bicyclic) bond motifs is 1. The Morgan fingerprint density at radius 2 is 2.26 bits per heavy atom. The molecule has 0 spiro atoms. The summed E-state index contributed by atoms with van der Waals surface area (Å²) >= 11 is 3.16. The van der Waals surface area contributed by atoms with Crippen LogP contribution in [-0.4, -0.2) is 33.9 Å². The maximum atomic E-state index is 12.6. The standard InChI is InChI=1S/C14H18BrN5O3/c1-14(2,3)23-13(22)20(4)11-10-7(5-9(15)17-11)8(6-16)18-19-12(10)21/h5H,6,16H2,1-4H3,(H,19,21)/i4D3. The number of hydrogen-bond donors (Lipinski definition) is 2. The number of aromatic nitrogens is 3. The minimum absolute atomic E-state index is 0.0105. The zero-order valence-corrected chi connectivity index (χ0v) is 14.4. The van der Waals surface area contributed by atoms with E-state index in [4.69, 9.17) is 14.6 Å². The second kappa shape index (κ2) is 6.25. The molecule has 0 saturated carbocycles. The van der Waals surface area contributed by atoms with Gasteiger partial charge < -0.3 is 10.5 Å². The number of nitrogens with two attached hydrogens (primary N) is 1. The van der Waals surface area contributed by atoms with E-state index in [-0.39, 0.29) is 27.7 Å². The Morgan fingerprint density at radius 1 is 1.57 bits per heavy atom. The lowest BCUT2D eigenvalue weighted by Crippen LogP contribution is -2.35. The first-order valence-electron chi connectivity index (χ1n) is 8.16. The molecule has 0 aromatic carbocycles. The van der Waals surface area contributed by atoms with Gasteiger partial charge in [0, 0.05) is 23.0 Å². The summed E-state index contributed by atoms with van der Waals surface area (Å²) in [5.74, 6) is -0.373. The molecule has 0 radical (unpaired) electrons. The number of amides is 1. The van der Waals surface area contributed by atoms with E-state index in [0.29, 0.717) is 10.6 Å². The van der Waals surface area contributed by atoms with Gasteiger partial charge in [-0.15, -0.1) is 0 Å². The van der Waals surface area contributed by atoms with Crippen LogP contribution >= 0.6 is 15.9 Å². The van der Waals surface area contributed by atoms with E-state index in [1.807, 2.05) is 0 Å². The molecule has 2 rings (SSSR count). The molecule has 0 atom stereocenters. The second-order valence-electron chi connectivity index (χ2n) is 5.71. The van der Waals surface area contributed by atoms with Gasteiger partial charge in [-0.2, -0.15) is 5.10 Å². The molecular weight excluding hydrogens is 366 g/mol. The van der Waals surface area contributed by atoms with Gasteiger partial charge in [0.15, 0.2) is 5.82 Å². The number of halogens is 1. The molecule has 2 heterocycles. The summed E-state index contributed by atoms with van der Waals surface area (Å²) in [6.07, 6.45) is -1.16. The Hall–Kier alpha value is -2.00. The van der Waals surface area contributed by atoms with Crippen LogP contribution in [0.1, 0.15) is 30.6 Å². The fraction of sp³-hybridized carbons (Fsp3) is 0.429. The first-order chi connectivity index (χ1) is 11.8. The molecule has 2 aromatic rings. The summed E-state index contributed by atoms with van der Waals surface area (Å²) in [5, 5.41) is 6.25. The highest BCUT2D eigenvalue weighted by Crippen LogP contribution is 2.27. The minimum Gasteiger partial charge on any atom is -0.443 e. The number of rotatable bonds is 2. The van der Waals surface area contributed by atoms with Crippen molar-refractivity contribution < 1.29 is 13.6 Å². The SMILES string of the molecule is [2H]C([2H])([2H])N(C(=O)OC(C)(C)C)c1nc(Br)cc2c(CN)n[nH]c(=O)c12. The number of nitrogens with one attached hydrogen (secondary N) is 1. The lowest BCUT2D eigenvalue weighted by Gasteiger charge is -2.24. The third kappa shape index (κ3) is 3.67. The highest BCUT2D eigenvalue weighted by Gasteiger charge is 2.24. The number of carbonyl (C=O) groups is 1. The van der Waals surface area contributed by atoms with Gasteiger partial charge in [-0.3, -0.25) is 9.69 Å². The summed E-state index contributed by atoms with van der Waals surface area (Å²) in [7, 11) is 0. The molecule has 8 nitrogen and oxygen atoms in total. The van der Waals surface area contributed by atoms with Crippen LogP contribution in [0.4, 0.5) is 10.6 Å². The third-order valence-corrected chi connectivity index (χ3v) is 3.19. The van der Waals surface area contributed by atoms with Crippen molar-refractivity contribution in [3.05, 3.63) is 26.7 Å². The van der Waals surface area contributed by atoms with Crippen LogP contribution in [0.15, 0.2) is 15.5 Å². The summed E-state index contributed by atoms with van der Waals surface area (Å²) in [6, 6.07) is 1.48. The van der Waals surface area contributed by atoms with Crippen molar-refractivity contribution in [2.45, 2.75) is 32.9 Å². The van der Waals surface area contributed by atoms with Crippen LogP contribution in [0.3, 0.4) is 0 Å². The molecular formula is C14H18BrN5O3. The van der Waals surface area contributed by atoms with Crippen molar-refractivity contribution in [3.63, 3.8) is 0 Å². The molecule has 0 unspecified atom stereocenters. The van der Waals surface area contributed by atoms with E-state index in [0.717, 1.165) is 0 Å². The van der Waals surface area contributed by atoms with E-state index in [1.54, 1.807) is 20.8 Å². The van der Waals surface area contributed by atoms with Crippen LogP contribution in [-0.2, 0) is 11.3 Å². The maximum Gasteiger partial charge on any atom is 0.415 e. The highest BCUT2D eigenvalue weighted by molar-refractivity contribution is 9.10. The predicted octanol–water partition coefficient (Wildman–Crippen LogP) is 1.91. The summed E-state index contributed by atoms with van der Waals surface area (Å²) in [6.45, 7) is 1.83. The Kier molecular flexibility index (Phi) is 3.65. The molecule has 1 amide bonds. The first kappa shape index (κ1) is 13.4. The maximum absolute atomic E-state index is 12.6. The Labute approximate surface area is 145 Å². The predicted molar refractivity (Wildman–Crippen MR) is 90.4 cm³/mol. The molecule has 0 fully saturated rings. The third-order valence-electron chi connectivity index (χ3n) is 2.78.